The molecule has 13 nitrogen and oxygen atoms in total. The molecule has 5 rings (SSSR count). The third kappa shape index (κ3) is 8.56. The fourth-order valence-electron chi connectivity index (χ4n) is 5.47. The predicted molar refractivity (Wildman–Crippen MR) is 187 cm³/mol. The van der Waals surface area contributed by atoms with E-state index in [0.29, 0.717) is 39.8 Å². The zero-order chi connectivity index (χ0) is 36.2. The SMILES string of the molecule is CN(C)c1ccc2c(-c3cc(C(=O)NCCNC(=O)CCc4ccc(OP(=O)([O-])O)cc4)ccc3C(=O)O)c3ccc(=[N+](C)C)cc-3oc2c1. The molecule has 1 atom stereocenters. The summed E-state index contributed by atoms with van der Waals surface area (Å²) in [6.45, 7) is 0.282. The Morgan fingerprint density at radius 3 is 2.30 bits per heavy atom. The number of nitrogens with zero attached hydrogens (tertiary/aromatic N) is 2. The molecule has 0 spiro atoms. The smallest absolute Gasteiger partial charge is 0.336 e. The molecule has 0 bridgehead atoms. The van der Waals surface area contributed by atoms with Crippen molar-refractivity contribution in [2.75, 3.05) is 46.2 Å². The molecule has 3 aromatic rings. The van der Waals surface area contributed by atoms with Crippen LogP contribution in [0.4, 0.5) is 5.69 Å². The number of hydrogen-bond donors (Lipinski definition) is 4. The molecule has 2 aliphatic rings. The number of carboxylic acids is 1. The second-order valence-electron chi connectivity index (χ2n) is 12.0. The molecule has 0 saturated heterocycles. The fourth-order valence-corrected chi connectivity index (χ4v) is 5.86. The Labute approximate surface area is 288 Å². The number of carbonyl (C=O) groups excluding carboxylic acids is 2. The van der Waals surface area contributed by atoms with Gasteiger partial charge in [-0.05, 0) is 66.1 Å². The second kappa shape index (κ2) is 15.0. The maximum Gasteiger partial charge on any atom is 0.336 e. The fraction of sp³-hybridized carbons (Fsp3) is 0.222. The van der Waals surface area contributed by atoms with Crippen LogP contribution in [-0.2, 0) is 15.8 Å². The summed E-state index contributed by atoms with van der Waals surface area (Å²) < 4.78 is 23.6. The van der Waals surface area contributed by atoms with Crippen LogP contribution in [0.15, 0.2) is 83.3 Å². The molecule has 3 aromatic carbocycles. The lowest BCUT2D eigenvalue weighted by Gasteiger charge is -2.19. The van der Waals surface area contributed by atoms with E-state index in [1.54, 1.807) is 18.2 Å². The van der Waals surface area contributed by atoms with Gasteiger partial charge in [-0.3, -0.25) is 14.2 Å². The highest BCUT2D eigenvalue weighted by Gasteiger charge is 2.24. The standard InChI is InChI=1S/C36H37N4O9P/c1-39(2)24-9-14-28-31(20-24)48-32-21-25(40(3)4)10-15-29(32)34(28)30-19-23(8-13-27(30)36(43)44)35(42)38-18-17-37-33(41)16-7-22-5-11-26(12-6-22)49-50(45,46)47/h5-6,8-15,19-21H,7,16-18H2,1-4H3,(H4-,37,38,41,42,43,44,45,46,47). The number of carbonyl (C=O) groups is 3. The van der Waals surface area contributed by atoms with Crippen molar-refractivity contribution in [1.82, 2.24) is 15.2 Å². The van der Waals surface area contributed by atoms with E-state index >= 15 is 0 Å². The summed E-state index contributed by atoms with van der Waals surface area (Å²) in [6.07, 6.45) is 0.514. The Morgan fingerprint density at radius 1 is 0.920 bits per heavy atom. The highest BCUT2D eigenvalue weighted by molar-refractivity contribution is 7.45. The number of rotatable bonds is 12. The number of amides is 2. The zero-order valence-corrected chi connectivity index (χ0v) is 28.8. The largest absolute Gasteiger partial charge is 0.746 e. The van der Waals surface area contributed by atoms with E-state index in [-0.39, 0.29) is 42.3 Å². The normalized spacial score (nSPS) is 12.3. The van der Waals surface area contributed by atoms with Crippen LogP contribution in [0.25, 0.3) is 33.4 Å². The number of phosphoric acid groups is 1. The molecule has 1 aliphatic heterocycles. The van der Waals surface area contributed by atoms with Crippen molar-refractivity contribution in [3.8, 4) is 28.2 Å². The van der Waals surface area contributed by atoms with E-state index in [1.807, 2.05) is 74.1 Å². The summed E-state index contributed by atoms with van der Waals surface area (Å²) >= 11 is 0. The van der Waals surface area contributed by atoms with Crippen LogP contribution >= 0.6 is 7.82 Å². The molecule has 1 heterocycles. The van der Waals surface area contributed by atoms with E-state index in [4.69, 9.17) is 9.31 Å². The van der Waals surface area contributed by atoms with Crippen LogP contribution in [0.5, 0.6) is 5.75 Å². The number of carboxylic acid groups (broad SMARTS) is 1. The molecule has 1 aliphatic carbocycles. The first-order valence-corrected chi connectivity index (χ1v) is 17.1. The monoisotopic (exact) mass is 700 g/mol. The first-order valence-electron chi connectivity index (χ1n) is 15.6. The Bertz CT molecular complexity index is 2170. The molecule has 0 fully saturated rings. The number of hydrogen-bond acceptors (Lipinski definition) is 8. The van der Waals surface area contributed by atoms with Gasteiger partial charge in [0.1, 0.15) is 31.2 Å². The maximum atomic E-state index is 13.3. The molecule has 1 unspecified atom stereocenters. The first kappa shape index (κ1) is 35.8. The van der Waals surface area contributed by atoms with Crippen LogP contribution in [0.3, 0.4) is 0 Å². The van der Waals surface area contributed by atoms with Crippen molar-refractivity contribution in [2.24, 2.45) is 0 Å². The van der Waals surface area contributed by atoms with E-state index < -0.39 is 19.7 Å². The van der Waals surface area contributed by atoms with Gasteiger partial charge in [-0.15, -0.1) is 0 Å². The van der Waals surface area contributed by atoms with Crippen molar-refractivity contribution in [3.63, 3.8) is 0 Å². The highest BCUT2D eigenvalue weighted by Crippen LogP contribution is 2.42. The van der Waals surface area contributed by atoms with Gasteiger partial charge in [-0.1, -0.05) is 12.1 Å². The minimum absolute atomic E-state index is 0.0250. The average Bonchev–Trinajstić information content (AvgIpc) is 3.07. The van der Waals surface area contributed by atoms with Crippen LogP contribution in [0.2, 0.25) is 0 Å². The lowest BCUT2D eigenvalue weighted by atomic mass is 9.89. The molecule has 260 valence electrons. The molecule has 0 saturated carbocycles. The van der Waals surface area contributed by atoms with Crippen LogP contribution < -0.4 is 34.9 Å². The lowest BCUT2D eigenvalue weighted by molar-refractivity contribution is -0.211. The van der Waals surface area contributed by atoms with Crippen LogP contribution in [-0.4, -0.2) is 69.1 Å². The van der Waals surface area contributed by atoms with Crippen molar-refractivity contribution >= 4 is 42.3 Å². The summed E-state index contributed by atoms with van der Waals surface area (Å²) in [5.74, 6) is -1.33. The molecular weight excluding hydrogens is 663 g/mol. The highest BCUT2D eigenvalue weighted by atomic mass is 31.2. The van der Waals surface area contributed by atoms with Gasteiger partial charge in [0, 0.05) is 73.5 Å². The number of aromatic carboxylic acids is 1. The molecule has 0 radical (unpaired) electrons. The third-order valence-corrected chi connectivity index (χ3v) is 8.46. The van der Waals surface area contributed by atoms with Gasteiger partial charge in [0.05, 0.1) is 11.6 Å². The van der Waals surface area contributed by atoms with Crippen molar-refractivity contribution < 1.29 is 42.8 Å². The molecule has 50 heavy (non-hydrogen) atoms. The molecule has 0 aromatic heterocycles. The molecular formula is C36H37N4O9P. The predicted octanol–water partition coefficient (Wildman–Crippen LogP) is 3.32. The topological polar surface area (TPSA) is 184 Å². The minimum atomic E-state index is -4.90. The van der Waals surface area contributed by atoms with E-state index in [9.17, 15) is 28.9 Å². The van der Waals surface area contributed by atoms with Gasteiger partial charge in [0.2, 0.25) is 11.3 Å². The Kier molecular flexibility index (Phi) is 10.7. The van der Waals surface area contributed by atoms with Crippen LogP contribution in [0, 0.1) is 0 Å². The third-order valence-electron chi connectivity index (χ3n) is 8.02. The summed E-state index contributed by atoms with van der Waals surface area (Å²) in [4.78, 5) is 59.8. The number of benzene rings is 4. The quantitative estimate of drug-likeness (QED) is 0.0652. The second-order valence-corrected chi connectivity index (χ2v) is 13.1. The summed E-state index contributed by atoms with van der Waals surface area (Å²) in [5.41, 5.74) is 4.15. The Morgan fingerprint density at radius 2 is 1.64 bits per heavy atom. The summed E-state index contributed by atoms with van der Waals surface area (Å²) in [5, 5.41) is 17.3. The van der Waals surface area contributed by atoms with Crippen molar-refractivity contribution in [2.45, 2.75) is 12.8 Å². The van der Waals surface area contributed by atoms with E-state index in [1.165, 1.54) is 24.3 Å². The molecule has 4 N–H and O–H groups in total. The van der Waals surface area contributed by atoms with E-state index in [0.717, 1.165) is 16.6 Å². The van der Waals surface area contributed by atoms with Gasteiger partial charge in [0.25, 0.3) is 5.91 Å². The maximum absolute atomic E-state index is 13.3. The average molecular weight is 701 g/mol. The molecule has 14 heteroatoms. The number of aryl methyl sites for hydroxylation is 1. The Hall–Kier alpha value is -5.49. The van der Waals surface area contributed by atoms with Crippen LogP contribution in [0.1, 0.15) is 32.7 Å². The number of anilines is 1. The lowest BCUT2D eigenvalue weighted by Crippen LogP contribution is -2.34. The van der Waals surface area contributed by atoms with Crippen molar-refractivity contribution in [1.29, 1.82) is 0 Å². The number of phosphoric ester groups is 1. The Balaban J connectivity index is 1.33. The van der Waals surface area contributed by atoms with Crippen molar-refractivity contribution in [3.05, 3.63) is 101 Å². The minimum Gasteiger partial charge on any atom is -0.746 e. The number of fused-ring (bicyclic) bond motifs is 2. The van der Waals surface area contributed by atoms with Gasteiger partial charge in [-0.25, -0.2) is 9.37 Å². The van der Waals surface area contributed by atoms with E-state index in [2.05, 4.69) is 15.2 Å². The van der Waals surface area contributed by atoms with Gasteiger partial charge in [0.15, 0.2) is 0 Å². The summed E-state index contributed by atoms with van der Waals surface area (Å²) in [6, 6.07) is 21.8. The first-order chi connectivity index (χ1) is 23.7. The van der Waals surface area contributed by atoms with Gasteiger partial charge in [-0.2, -0.15) is 0 Å². The number of nitrogens with one attached hydrogen (secondary N) is 2. The van der Waals surface area contributed by atoms with Gasteiger partial charge < -0.3 is 39.4 Å². The van der Waals surface area contributed by atoms with Gasteiger partial charge >= 0.3 is 13.8 Å². The summed E-state index contributed by atoms with van der Waals surface area (Å²) in [7, 11) is 2.76. The molecule has 2 amide bonds. The zero-order valence-electron chi connectivity index (χ0n) is 27.9.